The average Bonchev–Trinajstić information content (AvgIpc) is 3.03. The summed E-state index contributed by atoms with van der Waals surface area (Å²) in [5, 5.41) is 5.26. The van der Waals surface area contributed by atoms with Crippen molar-refractivity contribution in [1.82, 2.24) is 10.6 Å². The lowest BCUT2D eigenvalue weighted by atomic mass is 9.98. The number of nitrogens with two attached hydrogens (primary N) is 1. The fraction of sp³-hybridized carbons (Fsp3) is 0.364. The van der Waals surface area contributed by atoms with Crippen LogP contribution >= 0.6 is 0 Å². The van der Waals surface area contributed by atoms with Crippen LogP contribution in [0.2, 0.25) is 0 Å². The number of carbonyl (C=O) groups excluding carboxylic acids is 2. The Morgan fingerprint density at radius 2 is 1.64 bits per heavy atom. The van der Waals surface area contributed by atoms with Crippen LogP contribution in [0, 0.1) is 0 Å². The Morgan fingerprint density at radius 3 is 2.21 bits per heavy atom. The summed E-state index contributed by atoms with van der Waals surface area (Å²) >= 11 is 0. The smallest absolute Gasteiger partial charge is 0.413 e. The maximum atomic E-state index is 12.3. The summed E-state index contributed by atoms with van der Waals surface area (Å²) in [4.78, 5) is 24.4. The molecule has 6 nitrogen and oxygen atoms in total. The molecule has 6 heteroatoms. The second-order valence-electron chi connectivity index (χ2n) is 6.94. The molecule has 2 aromatic rings. The Hall–Kier alpha value is -2.70. The number of fused-ring (bicyclic) bond motifs is 3. The third-order valence-corrected chi connectivity index (χ3v) is 5.18. The summed E-state index contributed by atoms with van der Waals surface area (Å²) in [5.74, 6) is -0.408. The SMILES string of the molecule is CN[C@@H](CCCCN)C(=O)NC(=O)OCC1c2ccccc2-c2ccccc21. The third-order valence-electron chi connectivity index (χ3n) is 5.18. The van der Waals surface area contributed by atoms with Crippen molar-refractivity contribution in [2.24, 2.45) is 5.73 Å². The van der Waals surface area contributed by atoms with Crippen LogP contribution in [0.4, 0.5) is 4.79 Å². The molecule has 0 heterocycles. The summed E-state index contributed by atoms with van der Waals surface area (Å²) in [6.45, 7) is 0.773. The van der Waals surface area contributed by atoms with E-state index >= 15 is 0 Å². The lowest BCUT2D eigenvalue weighted by Crippen LogP contribution is -2.45. The number of carbonyl (C=O) groups is 2. The minimum atomic E-state index is -0.717. The molecule has 0 saturated heterocycles. The highest BCUT2D eigenvalue weighted by Gasteiger charge is 2.29. The molecule has 1 aliphatic rings. The van der Waals surface area contributed by atoms with E-state index in [1.807, 2.05) is 24.3 Å². The standard InChI is InChI=1S/C22H27N3O3/c1-24-20(12-6-7-13-23)21(26)25-22(27)28-14-19-17-10-4-2-8-15(17)16-9-3-5-11-18(16)19/h2-5,8-11,19-20,24H,6-7,12-14,23H2,1H3,(H,25,26,27)/t20-/m0/s1. The molecule has 28 heavy (non-hydrogen) atoms. The van der Waals surface area contributed by atoms with Crippen LogP contribution in [-0.4, -0.2) is 38.2 Å². The topological polar surface area (TPSA) is 93.5 Å². The number of benzene rings is 2. The number of nitrogens with one attached hydrogen (secondary N) is 2. The second-order valence-corrected chi connectivity index (χ2v) is 6.94. The first-order chi connectivity index (χ1) is 13.7. The van der Waals surface area contributed by atoms with E-state index in [1.54, 1.807) is 7.05 Å². The van der Waals surface area contributed by atoms with Gasteiger partial charge in [-0.3, -0.25) is 10.1 Å². The number of likely N-dealkylation sites (N-methyl/N-ethyl adjacent to an activating group) is 1. The van der Waals surface area contributed by atoms with Crippen molar-refractivity contribution in [3.8, 4) is 11.1 Å². The van der Waals surface area contributed by atoms with E-state index in [0.717, 1.165) is 24.0 Å². The molecule has 0 aromatic heterocycles. The molecular weight excluding hydrogens is 354 g/mol. The number of hydrogen-bond acceptors (Lipinski definition) is 5. The Bertz CT molecular complexity index is 792. The normalized spacial score (nSPS) is 13.5. The predicted octanol–water partition coefficient (Wildman–Crippen LogP) is 2.77. The highest BCUT2D eigenvalue weighted by atomic mass is 16.5. The highest BCUT2D eigenvalue weighted by molar-refractivity contribution is 5.94. The van der Waals surface area contributed by atoms with Crippen molar-refractivity contribution in [2.75, 3.05) is 20.2 Å². The van der Waals surface area contributed by atoms with Gasteiger partial charge in [-0.25, -0.2) is 4.79 Å². The van der Waals surface area contributed by atoms with Crippen LogP contribution in [0.3, 0.4) is 0 Å². The Morgan fingerprint density at radius 1 is 1.04 bits per heavy atom. The molecule has 0 spiro atoms. The number of hydrogen-bond donors (Lipinski definition) is 3. The van der Waals surface area contributed by atoms with Crippen LogP contribution in [-0.2, 0) is 9.53 Å². The molecule has 4 N–H and O–H groups in total. The van der Waals surface area contributed by atoms with Gasteiger partial charge < -0.3 is 15.8 Å². The first-order valence-corrected chi connectivity index (χ1v) is 9.69. The highest BCUT2D eigenvalue weighted by Crippen LogP contribution is 2.44. The van der Waals surface area contributed by atoms with E-state index in [9.17, 15) is 9.59 Å². The largest absolute Gasteiger partial charge is 0.448 e. The minimum Gasteiger partial charge on any atom is -0.448 e. The van der Waals surface area contributed by atoms with E-state index in [0.29, 0.717) is 13.0 Å². The van der Waals surface area contributed by atoms with Crippen LogP contribution in [0.15, 0.2) is 48.5 Å². The zero-order valence-electron chi connectivity index (χ0n) is 16.1. The predicted molar refractivity (Wildman–Crippen MR) is 109 cm³/mol. The molecule has 0 unspecified atom stereocenters. The summed E-state index contributed by atoms with van der Waals surface area (Å²) in [6.07, 6.45) is 1.57. The summed E-state index contributed by atoms with van der Waals surface area (Å²) in [7, 11) is 1.70. The van der Waals surface area contributed by atoms with Crippen molar-refractivity contribution in [2.45, 2.75) is 31.2 Å². The molecule has 2 aromatic carbocycles. The van der Waals surface area contributed by atoms with Gasteiger partial charge in [-0.2, -0.15) is 0 Å². The van der Waals surface area contributed by atoms with Gasteiger partial charge in [0.25, 0.3) is 0 Å². The van der Waals surface area contributed by atoms with Crippen molar-refractivity contribution >= 4 is 12.0 Å². The Kier molecular flexibility index (Phi) is 6.79. The van der Waals surface area contributed by atoms with Crippen LogP contribution in [0.25, 0.3) is 11.1 Å². The van der Waals surface area contributed by atoms with Crippen LogP contribution < -0.4 is 16.4 Å². The van der Waals surface area contributed by atoms with Crippen LogP contribution in [0.5, 0.6) is 0 Å². The van der Waals surface area contributed by atoms with Gasteiger partial charge in [-0.1, -0.05) is 55.0 Å². The first kappa shape index (κ1) is 20.0. The van der Waals surface area contributed by atoms with E-state index in [-0.39, 0.29) is 18.4 Å². The number of rotatable bonds is 8. The van der Waals surface area contributed by atoms with Gasteiger partial charge >= 0.3 is 6.09 Å². The molecule has 148 valence electrons. The minimum absolute atomic E-state index is 0.0297. The lowest BCUT2D eigenvalue weighted by Gasteiger charge is -2.17. The fourth-order valence-corrected chi connectivity index (χ4v) is 3.72. The third kappa shape index (κ3) is 4.40. The van der Waals surface area contributed by atoms with Crippen molar-refractivity contribution < 1.29 is 14.3 Å². The van der Waals surface area contributed by atoms with E-state index < -0.39 is 12.1 Å². The first-order valence-electron chi connectivity index (χ1n) is 9.69. The molecule has 0 bridgehead atoms. The maximum absolute atomic E-state index is 12.3. The fourth-order valence-electron chi connectivity index (χ4n) is 3.72. The maximum Gasteiger partial charge on any atom is 0.413 e. The van der Waals surface area contributed by atoms with Crippen molar-refractivity contribution in [3.05, 3.63) is 59.7 Å². The van der Waals surface area contributed by atoms with E-state index in [4.69, 9.17) is 10.5 Å². The van der Waals surface area contributed by atoms with Gasteiger partial charge in [0.2, 0.25) is 5.91 Å². The summed E-state index contributed by atoms with van der Waals surface area (Å²) in [5.41, 5.74) is 10.1. The van der Waals surface area contributed by atoms with Gasteiger partial charge in [0.15, 0.2) is 0 Å². The monoisotopic (exact) mass is 381 g/mol. The van der Waals surface area contributed by atoms with Crippen molar-refractivity contribution in [3.63, 3.8) is 0 Å². The Labute approximate surface area is 165 Å². The molecule has 0 saturated carbocycles. The molecular formula is C22H27N3O3. The van der Waals surface area contributed by atoms with Gasteiger partial charge in [-0.05, 0) is 48.7 Å². The zero-order chi connectivity index (χ0) is 19.9. The number of unbranched alkanes of at least 4 members (excludes halogenated alkanes) is 1. The van der Waals surface area contributed by atoms with Crippen molar-refractivity contribution in [1.29, 1.82) is 0 Å². The molecule has 0 fully saturated rings. The molecule has 3 rings (SSSR count). The molecule has 2 amide bonds. The number of alkyl carbamates (subject to hydrolysis) is 1. The lowest BCUT2D eigenvalue weighted by molar-refractivity contribution is -0.122. The van der Waals surface area contributed by atoms with Crippen LogP contribution in [0.1, 0.15) is 36.3 Å². The van der Waals surface area contributed by atoms with Gasteiger partial charge in [-0.15, -0.1) is 0 Å². The van der Waals surface area contributed by atoms with Gasteiger partial charge in [0, 0.05) is 5.92 Å². The van der Waals surface area contributed by atoms with E-state index in [1.165, 1.54) is 11.1 Å². The molecule has 1 atom stereocenters. The summed E-state index contributed by atoms with van der Waals surface area (Å²) < 4.78 is 5.41. The summed E-state index contributed by atoms with van der Waals surface area (Å²) in [6, 6.07) is 15.8. The zero-order valence-corrected chi connectivity index (χ0v) is 16.1. The Balaban J connectivity index is 1.60. The molecule has 1 aliphatic carbocycles. The van der Waals surface area contributed by atoms with Gasteiger partial charge in [0.05, 0.1) is 6.04 Å². The molecule has 0 aliphatic heterocycles. The van der Waals surface area contributed by atoms with Gasteiger partial charge in [0.1, 0.15) is 6.61 Å². The number of ether oxygens (including phenoxy) is 1. The number of amides is 2. The second kappa shape index (κ2) is 9.48. The number of imide groups is 1. The van der Waals surface area contributed by atoms with E-state index in [2.05, 4.69) is 34.9 Å². The quantitative estimate of drug-likeness (QED) is 0.612. The molecule has 0 radical (unpaired) electrons. The average molecular weight is 381 g/mol.